The van der Waals surface area contributed by atoms with Gasteiger partial charge in [-0.05, 0) is 11.1 Å². The van der Waals surface area contributed by atoms with Gasteiger partial charge in [0.15, 0.2) is 0 Å². The van der Waals surface area contributed by atoms with E-state index in [-0.39, 0.29) is 5.75 Å². The molecule has 0 heterocycles. The summed E-state index contributed by atoms with van der Waals surface area (Å²) < 4.78 is 26.9. The lowest BCUT2D eigenvalue weighted by Gasteiger charge is -2.06. The van der Waals surface area contributed by atoms with Crippen molar-refractivity contribution in [2.24, 2.45) is 0 Å². The van der Waals surface area contributed by atoms with Gasteiger partial charge in [0.1, 0.15) is 9.84 Å². The first-order chi connectivity index (χ1) is 8.01. The number of sulfone groups is 1. The van der Waals surface area contributed by atoms with Gasteiger partial charge in [-0.15, -0.1) is 0 Å². The number of hydrogen-bond acceptors (Lipinski definition) is 4. The topological polar surface area (TPSA) is 55.4 Å². The van der Waals surface area contributed by atoms with E-state index in [1.807, 2.05) is 18.2 Å². The third kappa shape index (κ3) is 6.41. The van der Waals surface area contributed by atoms with Crippen LogP contribution < -0.4 is 5.32 Å². The number of benzene rings is 1. The molecule has 0 fully saturated rings. The van der Waals surface area contributed by atoms with Gasteiger partial charge >= 0.3 is 0 Å². The Morgan fingerprint density at radius 2 is 2.00 bits per heavy atom. The van der Waals surface area contributed by atoms with Gasteiger partial charge in [-0.1, -0.05) is 24.3 Å². The zero-order valence-corrected chi connectivity index (χ0v) is 11.1. The Kier molecular flexibility index (Phi) is 5.61. The number of methoxy groups -OCH3 is 1. The molecule has 0 aliphatic heterocycles. The summed E-state index contributed by atoms with van der Waals surface area (Å²) in [6.07, 6.45) is 1.24. The zero-order valence-electron chi connectivity index (χ0n) is 10.3. The van der Waals surface area contributed by atoms with Gasteiger partial charge in [0, 0.05) is 26.5 Å². The minimum absolute atomic E-state index is 0.171. The van der Waals surface area contributed by atoms with Crippen molar-refractivity contribution in [3.05, 3.63) is 35.4 Å². The lowest BCUT2D eigenvalue weighted by atomic mass is 10.1. The van der Waals surface area contributed by atoms with Crippen molar-refractivity contribution in [3.8, 4) is 0 Å². The average Bonchev–Trinajstić information content (AvgIpc) is 2.24. The van der Waals surface area contributed by atoms with Gasteiger partial charge in [0.2, 0.25) is 0 Å². The number of rotatable bonds is 7. The minimum Gasteiger partial charge on any atom is -0.380 e. The maximum atomic E-state index is 10.9. The molecule has 5 heteroatoms. The molecule has 0 unspecified atom stereocenters. The summed E-state index contributed by atoms with van der Waals surface area (Å²) in [5, 5.41) is 3.11. The first-order valence-electron chi connectivity index (χ1n) is 5.46. The van der Waals surface area contributed by atoms with E-state index in [0.29, 0.717) is 19.7 Å². The smallest absolute Gasteiger partial charge is 0.148 e. The second kappa shape index (κ2) is 6.74. The average molecular weight is 257 g/mol. The SMILES string of the molecule is COCc1cccc(CNCCS(C)(=O)=O)c1. The third-order valence-electron chi connectivity index (χ3n) is 2.28. The molecule has 1 rings (SSSR count). The molecular weight excluding hydrogens is 238 g/mol. The van der Waals surface area contributed by atoms with Crippen LogP contribution >= 0.6 is 0 Å². The molecule has 96 valence electrons. The molecule has 0 saturated carbocycles. The molecule has 0 amide bonds. The van der Waals surface area contributed by atoms with Crippen molar-refractivity contribution in [1.29, 1.82) is 0 Å². The lowest BCUT2D eigenvalue weighted by molar-refractivity contribution is 0.185. The molecule has 4 nitrogen and oxygen atoms in total. The van der Waals surface area contributed by atoms with Gasteiger partial charge in [-0.3, -0.25) is 0 Å². The van der Waals surface area contributed by atoms with E-state index in [9.17, 15) is 8.42 Å². The van der Waals surface area contributed by atoms with Crippen LogP contribution in [0.1, 0.15) is 11.1 Å². The quantitative estimate of drug-likeness (QED) is 0.739. The molecule has 1 aromatic carbocycles. The van der Waals surface area contributed by atoms with Gasteiger partial charge in [-0.2, -0.15) is 0 Å². The number of ether oxygens (including phenoxy) is 1. The summed E-state index contributed by atoms with van der Waals surface area (Å²) in [5.41, 5.74) is 2.25. The third-order valence-corrected chi connectivity index (χ3v) is 3.23. The Balaban J connectivity index is 2.38. The molecule has 17 heavy (non-hydrogen) atoms. The Hall–Kier alpha value is -0.910. The van der Waals surface area contributed by atoms with E-state index in [2.05, 4.69) is 11.4 Å². The molecule has 0 aliphatic carbocycles. The zero-order chi connectivity index (χ0) is 12.7. The van der Waals surface area contributed by atoms with Crippen LogP contribution in [0.5, 0.6) is 0 Å². The van der Waals surface area contributed by atoms with Crippen LogP contribution in [0.2, 0.25) is 0 Å². The fraction of sp³-hybridized carbons (Fsp3) is 0.500. The predicted octanol–water partition coefficient (Wildman–Crippen LogP) is 0.967. The molecular formula is C12H19NO3S. The minimum atomic E-state index is -2.88. The molecule has 1 N–H and O–H groups in total. The first kappa shape index (κ1) is 14.2. The largest absolute Gasteiger partial charge is 0.380 e. The van der Waals surface area contributed by atoms with Gasteiger partial charge < -0.3 is 10.1 Å². The predicted molar refractivity (Wildman–Crippen MR) is 68.6 cm³/mol. The van der Waals surface area contributed by atoms with Crippen LogP contribution in [-0.2, 0) is 27.7 Å². The molecule has 0 aromatic heterocycles. The molecule has 0 saturated heterocycles. The van der Waals surface area contributed by atoms with Crippen LogP contribution in [0.4, 0.5) is 0 Å². The van der Waals surface area contributed by atoms with Crippen LogP contribution in [0.3, 0.4) is 0 Å². The summed E-state index contributed by atoms with van der Waals surface area (Å²) in [4.78, 5) is 0. The standard InChI is InChI=1S/C12H19NO3S/c1-16-10-12-5-3-4-11(8-12)9-13-6-7-17(2,14)15/h3-5,8,13H,6-7,9-10H2,1-2H3. The van der Waals surface area contributed by atoms with Crippen LogP contribution in [0.15, 0.2) is 24.3 Å². The molecule has 0 radical (unpaired) electrons. The maximum Gasteiger partial charge on any atom is 0.148 e. The molecule has 0 aliphatic rings. The van der Waals surface area contributed by atoms with E-state index in [1.54, 1.807) is 7.11 Å². The van der Waals surface area contributed by atoms with Crippen molar-refractivity contribution in [2.45, 2.75) is 13.2 Å². The Labute approximate surface area is 103 Å². The highest BCUT2D eigenvalue weighted by Gasteiger charge is 2.01. The van der Waals surface area contributed by atoms with Gasteiger partial charge in [0.25, 0.3) is 0 Å². The van der Waals surface area contributed by atoms with E-state index in [0.717, 1.165) is 11.1 Å². The number of hydrogen-bond donors (Lipinski definition) is 1. The Morgan fingerprint density at radius 3 is 2.65 bits per heavy atom. The van der Waals surface area contributed by atoms with Crippen molar-refractivity contribution < 1.29 is 13.2 Å². The Morgan fingerprint density at radius 1 is 1.29 bits per heavy atom. The molecule has 0 bridgehead atoms. The summed E-state index contributed by atoms with van der Waals surface area (Å²) in [6, 6.07) is 8.04. The van der Waals surface area contributed by atoms with Crippen molar-refractivity contribution in [3.63, 3.8) is 0 Å². The highest BCUT2D eigenvalue weighted by Crippen LogP contribution is 2.05. The fourth-order valence-corrected chi connectivity index (χ4v) is 2.00. The van der Waals surface area contributed by atoms with Crippen LogP contribution in [-0.4, -0.2) is 34.1 Å². The highest BCUT2D eigenvalue weighted by atomic mass is 32.2. The molecule has 0 atom stereocenters. The number of nitrogens with one attached hydrogen (secondary N) is 1. The van der Waals surface area contributed by atoms with Crippen molar-refractivity contribution in [2.75, 3.05) is 25.7 Å². The highest BCUT2D eigenvalue weighted by molar-refractivity contribution is 7.90. The van der Waals surface area contributed by atoms with Gasteiger partial charge in [0.05, 0.1) is 12.4 Å². The summed E-state index contributed by atoms with van der Waals surface area (Å²) in [5.74, 6) is 0.171. The van der Waals surface area contributed by atoms with E-state index < -0.39 is 9.84 Å². The fourth-order valence-electron chi connectivity index (χ4n) is 1.49. The maximum absolute atomic E-state index is 10.9. The van der Waals surface area contributed by atoms with Crippen LogP contribution in [0, 0.1) is 0 Å². The second-order valence-electron chi connectivity index (χ2n) is 4.06. The second-order valence-corrected chi connectivity index (χ2v) is 6.32. The van der Waals surface area contributed by atoms with Crippen molar-refractivity contribution in [1.82, 2.24) is 5.32 Å². The summed E-state index contributed by atoms with van der Waals surface area (Å²) in [6.45, 7) is 1.75. The monoisotopic (exact) mass is 257 g/mol. The molecule has 0 spiro atoms. The van der Waals surface area contributed by atoms with Crippen molar-refractivity contribution >= 4 is 9.84 Å². The lowest BCUT2D eigenvalue weighted by Crippen LogP contribution is -2.21. The van der Waals surface area contributed by atoms with Gasteiger partial charge in [-0.25, -0.2) is 8.42 Å². The summed E-state index contributed by atoms with van der Waals surface area (Å²) >= 11 is 0. The normalized spacial score (nSPS) is 11.6. The van der Waals surface area contributed by atoms with E-state index in [4.69, 9.17) is 4.74 Å². The van der Waals surface area contributed by atoms with E-state index in [1.165, 1.54) is 6.26 Å². The summed E-state index contributed by atoms with van der Waals surface area (Å²) in [7, 11) is -1.21. The Bertz CT molecular complexity index is 443. The van der Waals surface area contributed by atoms with E-state index >= 15 is 0 Å². The first-order valence-corrected chi connectivity index (χ1v) is 7.52. The molecule has 1 aromatic rings. The van der Waals surface area contributed by atoms with Crippen LogP contribution in [0.25, 0.3) is 0 Å².